The Morgan fingerprint density at radius 2 is 2.17 bits per heavy atom. The Morgan fingerprint density at radius 3 is 2.75 bits per heavy atom. The minimum atomic E-state index is -0.286. The number of aliphatic hydroxyl groups excluding tert-OH is 1. The molecular weight excluding hydrogens is 192 g/mol. The van der Waals surface area contributed by atoms with Crippen molar-refractivity contribution < 1.29 is 5.11 Å². The van der Waals surface area contributed by atoms with E-state index in [0.29, 0.717) is 5.75 Å². The van der Waals surface area contributed by atoms with Gasteiger partial charge in [-0.2, -0.15) is 0 Å². The predicted octanol–water partition coefficient (Wildman–Crippen LogP) is 2.81. The van der Waals surface area contributed by atoms with E-state index in [0.717, 1.165) is 9.92 Å². The van der Waals surface area contributed by atoms with Gasteiger partial charge in [-0.05, 0) is 19.1 Å². The molecule has 0 bridgehead atoms. The van der Waals surface area contributed by atoms with Crippen molar-refractivity contribution in [2.75, 3.05) is 5.75 Å². The van der Waals surface area contributed by atoms with E-state index in [9.17, 15) is 0 Å². The minimum Gasteiger partial charge on any atom is -0.393 e. The summed E-state index contributed by atoms with van der Waals surface area (Å²) in [5.74, 6) is 0.684. The highest BCUT2D eigenvalue weighted by molar-refractivity contribution is 7.99. The first-order chi connectivity index (χ1) is 5.70. The molecule has 0 aromatic heterocycles. The first kappa shape index (κ1) is 9.90. The van der Waals surface area contributed by atoms with Crippen LogP contribution in [0.4, 0.5) is 0 Å². The number of benzene rings is 1. The molecule has 1 atom stereocenters. The molecular formula is C9H11ClOS. The van der Waals surface area contributed by atoms with Gasteiger partial charge in [0, 0.05) is 10.6 Å². The summed E-state index contributed by atoms with van der Waals surface area (Å²) in [7, 11) is 0. The molecule has 66 valence electrons. The average Bonchev–Trinajstić information content (AvgIpc) is 2.03. The number of rotatable bonds is 3. The minimum absolute atomic E-state index is 0.286. The van der Waals surface area contributed by atoms with Crippen LogP contribution in [0.15, 0.2) is 29.2 Å². The molecule has 1 nitrogen and oxygen atoms in total. The molecule has 1 aromatic rings. The Labute approximate surface area is 81.7 Å². The van der Waals surface area contributed by atoms with Gasteiger partial charge in [0.25, 0.3) is 0 Å². The maximum Gasteiger partial charge on any atom is 0.0606 e. The SMILES string of the molecule is C[C@H](O)CSc1ccccc1Cl. The van der Waals surface area contributed by atoms with Crippen LogP contribution in [0.25, 0.3) is 0 Å². The van der Waals surface area contributed by atoms with Crippen molar-refractivity contribution in [3.05, 3.63) is 29.3 Å². The molecule has 0 radical (unpaired) electrons. The molecule has 0 unspecified atom stereocenters. The normalized spacial score (nSPS) is 12.9. The van der Waals surface area contributed by atoms with E-state index in [1.54, 1.807) is 18.7 Å². The summed E-state index contributed by atoms with van der Waals surface area (Å²) in [5, 5.41) is 9.79. The third kappa shape index (κ3) is 3.05. The van der Waals surface area contributed by atoms with E-state index < -0.39 is 0 Å². The van der Waals surface area contributed by atoms with Gasteiger partial charge in [0.05, 0.1) is 11.1 Å². The highest BCUT2D eigenvalue weighted by atomic mass is 35.5. The molecule has 0 heterocycles. The van der Waals surface area contributed by atoms with Crippen LogP contribution >= 0.6 is 23.4 Å². The topological polar surface area (TPSA) is 20.2 Å². The van der Waals surface area contributed by atoms with Crippen molar-refractivity contribution in [1.29, 1.82) is 0 Å². The zero-order valence-corrected chi connectivity index (χ0v) is 8.40. The standard InChI is InChI=1S/C9H11ClOS/c1-7(11)6-12-9-5-3-2-4-8(9)10/h2-5,7,11H,6H2,1H3/t7-/m0/s1. The summed E-state index contributed by atoms with van der Waals surface area (Å²) in [4.78, 5) is 1.03. The average molecular weight is 203 g/mol. The van der Waals surface area contributed by atoms with Crippen LogP contribution in [0.2, 0.25) is 5.02 Å². The zero-order valence-electron chi connectivity index (χ0n) is 6.83. The Morgan fingerprint density at radius 1 is 1.50 bits per heavy atom. The second-order valence-corrected chi connectivity index (χ2v) is 4.06. The smallest absolute Gasteiger partial charge is 0.0606 e. The Kier molecular flexibility index (Phi) is 3.92. The maximum atomic E-state index is 9.04. The summed E-state index contributed by atoms with van der Waals surface area (Å²) in [6.07, 6.45) is -0.286. The fourth-order valence-corrected chi connectivity index (χ4v) is 1.87. The van der Waals surface area contributed by atoms with E-state index in [1.807, 2.05) is 24.3 Å². The second-order valence-electron chi connectivity index (χ2n) is 2.59. The summed E-state index contributed by atoms with van der Waals surface area (Å²) >= 11 is 7.48. The second kappa shape index (κ2) is 4.75. The van der Waals surface area contributed by atoms with Crippen molar-refractivity contribution in [1.82, 2.24) is 0 Å². The number of thioether (sulfide) groups is 1. The fraction of sp³-hybridized carbons (Fsp3) is 0.333. The van der Waals surface area contributed by atoms with Gasteiger partial charge in [0.1, 0.15) is 0 Å². The highest BCUT2D eigenvalue weighted by Gasteiger charge is 2.01. The van der Waals surface area contributed by atoms with Gasteiger partial charge in [0.15, 0.2) is 0 Å². The molecule has 0 amide bonds. The molecule has 0 aliphatic carbocycles. The van der Waals surface area contributed by atoms with Gasteiger partial charge in [-0.1, -0.05) is 23.7 Å². The number of hydrogen-bond acceptors (Lipinski definition) is 2. The van der Waals surface area contributed by atoms with Crippen molar-refractivity contribution in [2.45, 2.75) is 17.9 Å². The lowest BCUT2D eigenvalue weighted by atomic mass is 10.4. The molecule has 12 heavy (non-hydrogen) atoms. The summed E-state index contributed by atoms with van der Waals surface area (Å²) in [5.41, 5.74) is 0. The van der Waals surface area contributed by atoms with Gasteiger partial charge >= 0.3 is 0 Å². The maximum absolute atomic E-state index is 9.04. The van der Waals surface area contributed by atoms with Crippen molar-refractivity contribution >= 4 is 23.4 Å². The van der Waals surface area contributed by atoms with Crippen LogP contribution in [-0.4, -0.2) is 17.0 Å². The lowest BCUT2D eigenvalue weighted by Crippen LogP contribution is -2.02. The van der Waals surface area contributed by atoms with E-state index in [-0.39, 0.29) is 6.10 Å². The van der Waals surface area contributed by atoms with Crippen LogP contribution in [0.1, 0.15) is 6.92 Å². The van der Waals surface area contributed by atoms with Crippen molar-refractivity contribution in [3.63, 3.8) is 0 Å². The third-order valence-corrected chi connectivity index (χ3v) is 3.07. The van der Waals surface area contributed by atoms with E-state index >= 15 is 0 Å². The van der Waals surface area contributed by atoms with Crippen molar-refractivity contribution in [3.8, 4) is 0 Å². The Bertz CT molecular complexity index is 250. The largest absolute Gasteiger partial charge is 0.393 e. The molecule has 0 fully saturated rings. The highest BCUT2D eigenvalue weighted by Crippen LogP contribution is 2.26. The van der Waals surface area contributed by atoms with Crippen molar-refractivity contribution in [2.24, 2.45) is 0 Å². The number of hydrogen-bond donors (Lipinski definition) is 1. The molecule has 0 spiro atoms. The Balaban J connectivity index is 2.57. The van der Waals surface area contributed by atoms with Crippen LogP contribution in [0, 0.1) is 0 Å². The number of aliphatic hydroxyl groups is 1. The van der Waals surface area contributed by atoms with Crippen LogP contribution in [0.5, 0.6) is 0 Å². The van der Waals surface area contributed by atoms with E-state index in [2.05, 4.69) is 0 Å². The van der Waals surface area contributed by atoms with Crippen LogP contribution in [-0.2, 0) is 0 Å². The summed E-state index contributed by atoms with van der Waals surface area (Å²) in [6, 6.07) is 7.65. The third-order valence-electron chi connectivity index (χ3n) is 1.32. The predicted molar refractivity (Wildman–Crippen MR) is 53.9 cm³/mol. The molecule has 0 saturated carbocycles. The monoisotopic (exact) mass is 202 g/mol. The molecule has 1 rings (SSSR count). The molecule has 0 aliphatic heterocycles. The van der Waals surface area contributed by atoms with Gasteiger partial charge in [-0.15, -0.1) is 11.8 Å². The number of halogens is 1. The molecule has 0 aliphatic rings. The van der Waals surface area contributed by atoms with Gasteiger partial charge in [0.2, 0.25) is 0 Å². The molecule has 3 heteroatoms. The van der Waals surface area contributed by atoms with Gasteiger partial charge < -0.3 is 5.11 Å². The van der Waals surface area contributed by atoms with Crippen LogP contribution < -0.4 is 0 Å². The Hall–Kier alpha value is -0.180. The van der Waals surface area contributed by atoms with Gasteiger partial charge in [-0.25, -0.2) is 0 Å². The summed E-state index contributed by atoms with van der Waals surface area (Å²) in [6.45, 7) is 1.77. The molecule has 0 saturated heterocycles. The van der Waals surface area contributed by atoms with Gasteiger partial charge in [-0.3, -0.25) is 0 Å². The van der Waals surface area contributed by atoms with Crippen LogP contribution in [0.3, 0.4) is 0 Å². The zero-order chi connectivity index (χ0) is 8.97. The lowest BCUT2D eigenvalue weighted by Gasteiger charge is -2.04. The molecule has 1 aromatic carbocycles. The van der Waals surface area contributed by atoms with E-state index in [4.69, 9.17) is 16.7 Å². The molecule has 1 N–H and O–H groups in total. The quantitative estimate of drug-likeness (QED) is 0.761. The van der Waals surface area contributed by atoms with E-state index in [1.165, 1.54) is 0 Å². The summed E-state index contributed by atoms with van der Waals surface area (Å²) < 4.78 is 0. The fourth-order valence-electron chi connectivity index (χ4n) is 0.772. The first-order valence-electron chi connectivity index (χ1n) is 3.75. The first-order valence-corrected chi connectivity index (χ1v) is 5.12. The lowest BCUT2D eigenvalue weighted by molar-refractivity contribution is 0.220.